The molecule has 124 valence electrons. The predicted molar refractivity (Wildman–Crippen MR) is 90.8 cm³/mol. The summed E-state index contributed by atoms with van der Waals surface area (Å²) in [7, 11) is 0. The Hall–Kier alpha value is -2.82. The number of rotatable bonds is 4. The molecule has 1 aromatic carbocycles. The van der Waals surface area contributed by atoms with Gasteiger partial charge in [0.2, 0.25) is 5.91 Å². The first-order valence-corrected chi connectivity index (χ1v) is 7.90. The lowest BCUT2D eigenvalue weighted by atomic mass is 10.2. The first kappa shape index (κ1) is 16.1. The van der Waals surface area contributed by atoms with Gasteiger partial charge in [-0.3, -0.25) is 4.79 Å². The number of benzene rings is 1. The van der Waals surface area contributed by atoms with E-state index in [9.17, 15) is 9.59 Å². The van der Waals surface area contributed by atoms with E-state index in [0.29, 0.717) is 24.6 Å². The second-order valence-electron chi connectivity index (χ2n) is 5.78. The maximum absolute atomic E-state index is 12.2. The summed E-state index contributed by atoms with van der Waals surface area (Å²) in [6, 6.07) is 12.7. The minimum absolute atomic E-state index is 0.0336. The van der Waals surface area contributed by atoms with Gasteiger partial charge in [0.1, 0.15) is 17.6 Å². The Morgan fingerprint density at radius 2 is 2.08 bits per heavy atom. The normalized spacial score (nSPS) is 17.4. The van der Waals surface area contributed by atoms with Gasteiger partial charge in [-0.2, -0.15) is 0 Å². The number of hydrogen-bond donors (Lipinski definition) is 0. The number of likely N-dealkylation sites (tertiary alicyclic amines) is 1. The number of nitrogens with zero attached hydrogens (tertiary/aromatic N) is 1. The van der Waals surface area contributed by atoms with Crippen LogP contribution in [0, 0.1) is 6.92 Å². The van der Waals surface area contributed by atoms with Crippen LogP contribution in [0.15, 0.2) is 57.8 Å². The molecule has 0 radical (unpaired) electrons. The van der Waals surface area contributed by atoms with Gasteiger partial charge in [0.25, 0.3) is 0 Å². The Labute approximate surface area is 140 Å². The highest BCUT2D eigenvalue weighted by atomic mass is 16.5. The molecule has 2 aromatic rings. The van der Waals surface area contributed by atoms with Gasteiger partial charge in [0.05, 0.1) is 12.6 Å². The fraction of sp³-hybridized carbons (Fsp3) is 0.263. The summed E-state index contributed by atoms with van der Waals surface area (Å²) >= 11 is 0. The lowest BCUT2D eigenvalue weighted by Crippen LogP contribution is -2.29. The first-order valence-electron chi connectivity index (χ1n) is 7.90. The van der Waals surface area contributed by atoms with Crippen LogP contribution in [-0.2, 0) is 4.79 Å². The standard InChI is InChI=1S/C19H19NO4/c1-14-11-17(12-19(22)23-14)24-16-9-10-20(13-16)18(21)8-7-15-5-3-2-4-6-15/h2-8,11-12,16H,9-10,13H2,1H3/b8-7+/t16-/m0/s1. The molecule has 1 fully saturated rings. The van der Waals surface area contributed by atoms with Crippen LogP contribution < -0.4 is 10.4 Å². The van der Waals surface area contributed by atoms with Crippen LogP contribution in [0.3, 0.4) is 0 Å². The van der Waals surface area contributed by atoms with Gasteiger partial charge in [-0.25, -0.2) is 4.79 Å². The van der Waals surface area contributed by atoms with Crippen LogP contribution in [0.25, 0.3) is 6.08 Å². The monoisotopic (exact) mass is 325 g/mol. The fourth-order valence-corrected chi connectivity index (χ4v) is 2.70. The molecule has 0 spiro atoms. The molecule has 1 saturated heterocycles. The molecule has 1 amide bonds. The third-order valence-electron chi connectivity index (χ3n) is 3.84. The molecular formula is C19H19NO4. The zero-order valence-electron chi connectivity index (χ0n) is 13.5. The van der Waals surface area contributed by atoms with Crippen molar-refractivity contribution in [1.82, 2.24) is 4.90 Å². The van der Waals surface area contributed by atoms with E-state index in [0.717, 1.165) is 12.0 Å². The molecule has 2 heterocycles. The number of carbonyl (C=O) groups excluding carboxylic acids is 1. The van der Waals surface area contributed by atoms with Crippen molar-refractivity contribution in [2.45, 2.75) is 19.4 Å². The van der Waals surface area contributed by atoms with Gasteiger partial charge in [-0.05, 0) is 18.6 Å². The van der Waals surface area contributed by atoms with Crippen molar-refractivity contribution < 1.29 is 13.9 Å². The van der Waals surface area contributed by atoms with Gasteiger partial charge in [0, 0.05) is 25.1 Å². The van der Waals surface area contributed by atoms with E-state index in [-0.39, 0.29) is 12.0 Å². The van der Waals surface area contributed by atoms with E-state index in [2.05, 4.69) is 0 Å². The Morgan fingerprint density at radius 3 is 2.83 bits per heavy atom. The third kappa shape index (κ3) is 4.13. The van der Waals surface area contributed by atoms with Crippen molar-refractivity contribution in [3.63, 3.8) is 0 Å². The second kappa shape index (κ2) is 7.17. The summed E-state index contributed by atoms with van der Waals surface area (Å²) in [6.45, 7) is 2.85. The molecule has 3 rings (SSSR count). The summed E-state index contributed by atoms with van der Waals surface area (Å²) in [5.74, 6) is 0.964. The molecule has 1 atom stereocenters. The average Bonchev–Trinajstić information content (AvgIpc) is 3.01. The van der Waals surface area contributed by atoms with Gasteiger partial charge in [0.15, 0.2) is 0 Å². The van der Waals surface area contributed by atoms with Crippen LogP contribution >= 0.6 is 0 Å². The highest BCUT2D eigenvalue weighted by Crippen LogP contribution is 2.18. The summed E-state index contributed by atoms with van der Waals surface area (Å²) in [4.78, 5) is 25.4. The van der Waals surface area contributed by atoms with E-state index in [1.54, 1.807) is 24.0 Å². The molecule has 0 unspecified atom stereocenters. The van der Waals surface area contributed by atoms with Crippen LogP contribution in [0.2, 0.25) is 0 Å². The number of carbonyl (C=O) groups is 1. The van der Waals surface area contributed by atoms with E-state index < -0.39 is 5.63 Å². The minimum Gasteiger partial charge on any atom is -0.488 e. The second-order valence-corrected chi connectivity index (χ2v) is 5.78. The smallest absolute Gasteiger partial charge is 0.339 e. The van der Waals surface area contributed by atoms with E-state index in [1.807, 2.05) is 36.4 Å². The maximum Gasteiger partial charge on any atom is 0.339 e. The molecule has 0 aliphatic carbocycles. The average molecular weight is 325 g/mol. The Kier molecular flexibility index (Phi) is 4.79. The summed E-state index contributed by atoms with van der Waals surface area (Å²) in [5.41, 5.74) is 0.561. The number of aryl methyl sites for hydroxylation is 1. The van der Waals surface area contributed by atoms with Crippen molar-refractivity contribution in [3.05, 3.63) is 70.3 Å². The molecule has 1 aromatic heterocycles. The maximum atomic E-state index is 12.2. The van der Waals surface area contributed by atoms with E-state index in [4.69, 9.17) is 9.15 Å². The Bertz CT molecular complexity index is 795. The van der Waals surface area contributed by atoms with Crippen LogP contribution in [0.5, 0.6) is 5.75 Å². The molecular weight excluding hydrogens is 306 g/mol. The summed E-state index contributed by atoms with van der Waals surface area (Å²) in [5, 5.41) is 0. The fourth-order valence-electron chi connectivity index (χ4n) is 2.70. The lowest BCUT2D eigenvalue weighted by molar-refractivity contribution is -0.125. The highest BCUT2D eigenvalue weighted by molar-refractivity contribution is 5.92. The predicted octanol–water partition coefficient (Wildman–Crippen LogP) is 2.64. The largest absolute Gasteiger partial charge is 0.488 e. The SMILES string of the molecule is Cc1cc(O[C@H]2CCN(C(=O)/C=C/c3ccccc3)C2)cc(=O)o1. The molecule has 0 bridgehead atoms. The number of ether oxygens (including phenoxy) is 1. The molecule has 5 nitrogen and oxygen atoms in total. The van der Waals surface area contributed by atoms with Crippen molar-refractivity contribution in [3.8, 4) is 5.75 Å². The molecule has 0 saturated carbocycles. The van der Waals surface area contributed by atoms with Crippen molar-refractivity contribution in [2.24, 2.45) is 0 Å². The van der Waals surface area contributed by atoms with Crippen LogP contribution in [-0.4, -0.2) is 30.0 Å². The number of hydrogen-bond acceptors (Lipinski definition) is 4. The van der Waals surface area contributed by atoms with Crippen molar-refractivity contribution in [1.29, 1.82) is 0 Å². The number of amides is 1. The zero-order valence-corrected chi connectivity index (χ0v) is 13.5. The topological polar surface area (TPSA) is 59.8 Å². The highest BCUT2D eigenvalue weighted by Gasteiger charge is 2.26. The minimum atomic E-state index is -0.429. The molecule has 1 aliphatic heterocycles. The third-order valence-corrected chi connectivity index (χ3v) is 3.84. The van der Waals surface area contributed by atoms with Gasteiger partial charge >= 0.3 is 5.63 Å². The molecule has 0 N–H and O–H groups in total. The zero-order chi connectivity index (χ0) is 16.9. The quantitative estimate of drug-likeness (QED) is 0.811. The van der Waals surface area contributed by atoms with E-state index >= 15 is 0 Å². The summed E-state index contributed by atoms with van der Waals surface area (Å²) in [6.07, 6.45) is 4.02. The van der Waals surface area contributed by atoms with Crippen molar-refractivity contribution in [2.75, 3.05) is 13.1 Å². The van der Waals surface area contributed by atoms with E-state index in [1.165, 1.54) is 6.07 Å². The lowest BCUT2D eigenvalue weighted by Gasteiger charge is -2.15. The summed E-state index contributed by atoms with van der Waals surface area (Å²) < 4.78 is 10.7. The Morgan fingerprint density at radius 1 is 1.29 bits per heavy atom. The molecule has 5 heteroatoms. The van der Waals surface area contributed by atoms with Crippen LogP contribution in [0.4, 0.5) is 0 Å². The van der Waals surface area contributed by atoms with Crippen LogP contribution in [0.1, 0.15) is 17.7 Å². The van der Waals surface area contributed by atoms with Crippen molar-refractivity contribution >= 4 is 12.0 Å². The molecule has 24 heavy (non-hydrogen) atoms. The van der Waals surface area contributed by atoms with Gasteiger partial charge in [-0.1, -0.05) is 30.3 Å². The Balaban J connectivity index is 1.57. The first-order chi connectivity index (χ1) is 11.6. The van der Waals surface area contributed by atoms with Gasteiger partial charge < -0.3 is 14.1 Å². The molecule has 1 aliphatic rings. The van der Waals surface area contributed by atoms with Gasteiger partial charge in [-0.15, -0.1) is 0 Å².